The molecule has 3 aromatic rings. The van der Waals surface area contributed by atoms with Crippen molar-refractivity contribution in [3.8, 4) is 0 Å². The topological polar surface area (TPSA) is 87.4 Å². The lowest BCUT2D eigenvalue weighted by atomic mass is 9.80. The fourth-order valence-electron chi connectivity index (χ4n) is 5.35. The minimum Gasteiger partial charge on any atom is -0.395 e. The number of aliphatic hydroxyl groups is 1. The van der Waals surface area contributed by atoms with Gasteiger partial charge in [0.05, 0.1) is 18.8 Å². The van der Waals surface area contributed by atoms with Crippen LogP contribution < -0.4 is 4.90 Å². The Morgan fingerprint density at radius 3 is 2.74 bits per heavy atom. The second kappa shape index (κ2) is 10.0. The van der Waals surface area contributed by atoms with Gasteiger partial charge in [-0.2, -0.15) is 5.10 Å². The van der Waals surface area contributed by atoms with Gasteiger partial charge in [-0.05, 0) is 55.8 Å². The van der Waals surface area contributed by atoms with Crippen molar-refractivity contribution in [1.82, 2.24) is 24.6 Å². The zero-order valence-corrected chi connectivity index (χ0v) is 21.5. The van der Waals surface area contributed by atoms with E-state index in [1.807, 2.05) is 13.0 Å². The van der Waals surface area contributed by atoms with Gasteiger partial charge in [0.25, 0.3) is 0 Å². The first-order valence-electron chi connectivity index (χ1n) is 12.1. The molecule has 1 aromatic carbocycles. The van der Waals surface area contributed by atoms with Crippen molar-refractivity contribution < 1.29 is 9.90 Å². The van der Waals surface area contributed by atoms with Crippen LogP contribution in [0.2, 0.25) is 10.0 Å². The molecule has 2 aromatic heterocycles. The third kappa shape index (κ3) is 4.77. The molecule has 10 heteroatoms. The summed E-state index contributed by atoms with van der Waals surface area (Å²) in [6.45, 7) is 8.44. The molecule has 2 unspecified atom stereocenters. The summed E-state index contributed by atoms with van der Waals surface area (Å²) < 4.78 is 1.74. The summed E-state index contributed by atoms with van der Waals surface area (Å²) in [7, 11) is 0. The molecule has 5 rings (SSSR count). The molecule has 4 heterocycles. The van der Waals surface area contributed by atoms with E-state index < -0.39 is 0 Å². The molecule has 8 nitrogen and oxygen atoms in total. The Morgan fingerprint density at radius 1 is 1.23 bits per heavy atom. The molecular weight excluding hydrogens is 487 g/mol. The summed E-state index contributed by atoms with van der Waals surface area (Å²) in [5, 5.41) is 15.0. The largest absolute Gasteiger partial charge is 0.395 e. The van der Waals surface area contributed by atoms with E-state index in [0.717, 1.165) is 44.1 Å². The Labute approximate surface area is 214 Å². The van der Waals surface area contributed by atoms with Gasteiger partial charge in [-0.1, -0.05) is 29.3 Å². The number of halogens is 2. The zero-order valence-electron chi connectivity index (χ0n) is 20.0. The number of rotatable bonds is 7. The minimum atomic E-state index is -0.260. The highest BCUT2D eigenvalue weighted by Crippen LogP contribution is 2.35. The van der Waals surface area contributed by atoms with Crippen molar-refractivity contribution in [1.29, 1.82) is 0 Å². The summed E-state index contributed by atoms with van der Waals surface area (Å²) in [5.41, 5.74) is 2.23. The molecule has 2 saturated heterocycles. The molecule has 0 aliphatic carbocycles. The Morgan fingerprint density at radius 2 is 2.03 bits per heavy atom. The summed E-state index contributed by atoms with van der Waals surface area (Å²) in [6.07, 6.45) is 4.17. The molecule has 0 bridgehead atoms. The van der Waals surface area contributed by atoms with Crippen LogP contribution in [0.5, 0.6) is 0 Å². The van der Waals surface area contributed by atoms with Crippen LogP contribution in [0.25, 0.3) is 11.2 Å². The molecule has 0 saturated carbocycles. The molecule has 35 heavy (non-hydrogen) atoms. The zero-order chi connectivity index (χ0) is 24.7. The molecule has 2 aliphatic rings. The van der Waals surface area contributed by atoms with E-state index in [4.69, 9.17) is 28.2 Å². The van der Waals surface area contributed by atoms with Crippen LogP contribution in [0.1, 0.15) is 48.8 Å². The molecule has 2 fully saturated rings. The van der Waals surface area contributed by atoms with Crippen LogP contribution in [0, 0.1) is 11.8 Å². The number of anilines is 1. The van der Waals surface area contributed by atoms with Crippen LogP contribution in [-0.4, -0.2) is 74.9 Å². The maximum atomic E-state index is 12.3. The van der Waals surface area contributed by atoms with Crippen molar-refractivity contribution in [2.24, 2.45) is 11.8 Å². The molecule has 186 valence electrons. The highest BCUT2D eigenvalue weighted by molar-refractivity contribution is 6.35. The Kier molecular flexibility index (Phi) is 6.99. The summed E-state index contributed by atoms with van der Waals surface area (Å²) in [4.78, 5) is 26.4. The first kappa shape index (κ1) is 24.4. The number of hydrogen-bond donors (Lipinski definition) is 1. The van der Waals surface area contributed by atoms with Gasteiger partial charge in [0, 0.05) is 43.1 Å². The summed E-state index contributed by atoms with van der Waals surface area (Å²) in [6, 6.07) is 5.11. The molecule has 2 atom stereocenters. The fraction of sp³-hybridized carbons (Fsp3) is 0.520. The third-order valence-electron chi connectivity index (χ3n) is 7.36. The number of fused-ring (bicyclic) bond motifs is 1. The number of hydrogen-bond acceptors (Lipinski definition) is 7. The highest BCUT2D eigenvalue weighted by Gasteiger charge is 2.36. The Balaban J connectivity index is 1.40. The number of carbonyl (C=O) groups is 1. The maximum Gasteiger partial charge on any atom is 0.182 e. The van der Waals surface area contributed by atoms with Crippen LogP contribution in [-0.2, 0) is 0 Å². The van der Waals surface area contributed by atoms with Crippen molar-refractivity contribution in [3.63, 3.8) is 0 Å². The van der Waals surface area contributed by atoms with Gasteiger partial charge in [0.15, 0.2) is 17.1 Å². The van der Waals surface area contributed by atoms with Gasteiger partial charge in [0.1, 0.15) is 11.3 Å². The van der Waals surface area contributed by atoms with Crippen molar-refractivity contribution in [2.45, 2.75) is 32.7 Å². The normalized spacial score (nSPS) is 20.3. The molecule has 2 aliphatic heterocycles. The standard InChI is InChI=1S/C25H30Cl2N6O2/c1-15(20-6-5-19(26)10-21(20)27)33-25-24(23(30-33)16(2)35)28-11-22(29-25)32-13-18(14-32)17-4-3-7-31(12-17)8-9-34/h5-6,10-11,15,17-18,34H,3-4,7-9,12-14H2,1-2H3. The molecule has 0 spiro atoms. The third-order valence-corrected chi connectivity index (χ3v) is 7.92. The van der Waals surface area contributed by atoms with E-state index in [9.17, 15) is 9.90 Å². The quantitative estimate of drug-likeness (QED) is 0.473. The van der Waals surface area contributed by atoms with Gasteiger partial charge in [0.2, 0.25) is 0 Å². The Hall–Kier alpha value is -2.26. The van der Waals surface area contributed by atoms with Crippen molar-refractivity contribution >= 4 is 46.0 Å². The predicted molar refractivity (Wildman–Crippen MR) is 138 cm³/mol. The lowest BCUT2D eigenvalue weighted by Crippen LogP contribution is -2.54. The van der Waals surface area contributed by atoms with Gasteiger partial charge in [-0.15, -0.1) is 0 Å². The Bertz CT molecular complexity index is 1240. The predicted octanol–water partition coefficient (Wildman–Crippen LogP) is 4.09. The summed E-state index contributed by atoms with van der Waals surface area (Å²) >= 11 is 12.6. The van der Waals surface area contributed by atoms with Crippen molar-refractivity contribution in [3.05, 3.63) is 45.7 Å². The number of β-amino-alcohol motifs (C(OH)–C–C–N with tert-alkyl or cyclic N) is 1. The van der Waals surface area contributed by atoms with E-state index in [0.29, 0.717) is 38.7 Å². The SMILES string of the molecule is CC(=O)c1nn(C(C)c2ccc(Cl)cc2Cl)c2nc(N3CC(C4CCCN(CCO)C4)C3)cnc12. The number of Topliss-reactive ketones (excluding diaryl/α,β-unsaturated/α-hetero) is 1. The number of carbonyl (C=O) groups excluding carboxylic acids is 1. The highest BCUT2D eigenvalue weighted by atomic mass is 35.5. The lowest BCUT2D eigenvalue weighted by Gasteiger charge is -2.47. The maximum absolute atomic E-state index is 12.3. The number of likely N-dealkylation sites (tertiary alicyclic amines) is 1. The van der Waals surface area contributed by atoms with Gasteiger partial charge in [-0.3, -0.25) is 4.79 Å². The molecule has 1 N–H and O–H groups in total. The minimum absolute atomic E-state index is 0.154. The number of piperidine rings is 1. The second-order valence-electron chi connectivity index (χ2n) is 9.68. The van der Waals surface area contributed by atoms with Crippen LogP contribution in [0.15, 0.2) is 24.4 Å². The lowest BCUT2D eigenvalue weighted by molar-refractivity contribution is 0.101. The number of aromatic nitrogens is 4. The van der Waals surface area contributed by atoms with Crippen LogP contribution >= 0.6 is 23.2 Å². The van der Waals surface area contributed by atoms with E-state index in [1.54, 1.807) is 23.0 Å². The second-order valence-corrected chi connectivity index (χ2v) is 10.5. The number of nitrogens with zero attached hydrogens (tertiary/aromatic N) is 6. The molecule has 0 radical (unpaired) electrons. The molecular formula is C25H30Cl2N6O2. The van der Waals surface area contributed by atoms with Crippen LogP contribution in [0.3, 0.4) is 0 Å². The fourth-order valence-corrected chi connectivity index (χ4v) is 5.92. The van der Waals surface area contributed by atoms with E-state index in [1.165, 1.54) is 19.8 Å². The van der Waals surface area contributed by atoms with Crippen molar-refractivity contribution in [2.75, 3.05) is 44.2 Å². The monoisotopic (exact) mass is 516 g/mol. The first-order chi connectivity index (χ1) is 16.9. The molecule has 0 amide bonds. The average Bonchev–Trinajstić information content (AvgIpc) is 3.18. The summed E-state index contributed by atoms with van der Waals surface area (Å²) in [5.74, 6) is 1.89. The van der Waals surface area contributed by atoms with Crippen LogP contribution in [0.4, 0.5) is 5.82 Å². The average molecular weight is 517 g/mol. The van der Waals surface area contributed by atoms with E-state index in [2.05, 4.69) is 19.9 Å². The number of aliphatic hydroxyl groups excluding tert-OH is 1. The van der Waals surface area contributed by atoms with Gasteiger partial charge < -0.3 is 14.9 Å². The van der Waals surface area contributed by atoms with E-state index >= 15 is 0 Å². The first-order valence-corrected chi connectivity index (χ1v) is 12.9. The number of benzene rings is 1. The van der Waals surface area contributed by atoms with E-state index in [-0.39, 0.29) is 18.4 Å². The van der Waals surface area contributed by atoms with Gasteiger partial charge in [-0.25, -0.2) is 14.6 Å². The smallest absolute Gasteiger partial charge is 0.182 e. The number of ketones is 1. The van der Waals surface area contributed by atoms with Gasteiger partial charge >= 0.3 is 0 Å².